The van der Waals surface area contributed by atoms with Crippen LogP contribution in [0, 0.1) is 6.92 Å². The lowest BCUT2D eigenvalue weighted by Gasteiger charge is -2.06. The number of nitrogens with two attached hydrogens (primary N) is 1. The van der Waals surface area contributed by atoms with Gasteiger partial charge in [-0.15, -0.1) is 0 Å². The highest BCUT2D eigenvalue weighted by atomic mass is 32.2. The number of imidazole rings is 1. The van der Waals surface area contributed by atoms with Crippen LogP contribution in [0.15, 0.2) is 52.5 Å². The number of thioether (sulfide) groups is 1. The van der Waals surface area contributed by atoms with Crippen molar-refractivity contribution in [3.63, 3.8) is 0 Å². The quantitative estimate of drug-likeness (QED) is 0.611. The summed E-state index contributed by atoms with van der Waals surface area (Å²) < 4.78 is 24.8. The predicted molar refractivity (Wildman–Crippen MR) is 106 cm³/mol. The fraction of sp³-hybridized carbons (Fsp3) is 0.222. The molecule has 2 aromatic carbocycles. The number of amides is 1. The van der Waals surface area contributed by atoms with Gasteiger partial charge in [0.2, 0.25) is 15.9 Å². The Morgan fingerprint density at radius 2 is 1.93 bits per heavy atom. The minimum absolute atomic E-state index is 0.0143. The van der Waals surface area contributed by atoms with E-state index < -0.39 is 10.0 Å². The van der Waals surface area contributed by atoms with Crippen LogP contribution in [0.1, 0.15) is 11.1 Å². The second-order valence-electron chi connectivity index (χ2n) is 6.20. The van der Waals surface area contributed by atoms with Crippen molar-refractivity contribution in [3.05, 3.63) is 53.6 Å². The number of nitrogens with one attached hydrogen (secondary N) is 1. The van der Waals surface area contributed by atoms with E-state index in [9.17, 15) is 13.2 Å². The molecule has 0 spiro atoms. The van der Waals surface area contributed by atoms with Gasteiger partial charge in [0, 0.05) is 13.6 Å². The van der Waals surface area contributed by atoms with E-state index in [-0.39, 0.29) is 16.6 Å². The first kappa shape index (κ1) is 19.4. The maximum absolute atomic E-state index is 12.1. The SMILES string of the molecule is Cc1ccc(CNC(=O)CSc2nc3cc(S(N)(=O)=O)ccc3n2C)cc1. The largest absolute Gasteiger partial charge is 0.351 e. The molecule has 3 aromatic rings. The minimum Gasteiger partial charge on any atom is -0.351 e. The molecule has 0 aliphatic heterocycles. The van der Waals surface area contributed by atoms with Crippen LogP contribution in [-0.4, -0.2) is 29.6 Å². The van der Waals surface area contributed by atoms with Gasteiger partial charge in [0.25, 0.3) is 0 Å². The molecule has 0 atom stereocenters. The molecule has 7 nitrogen and oxygen atoms in total. The summed E-state index contributed by atoms with van der Waals surface area (Å²) >= 11 is 1.29. The van der Waals surface area contributed by atoms with Gasteiger partial charge in [-0.05, 0) is 30.7 Å². The van der Waals surface area contributed by atoms with Crippen LogP contribution < -0.4 is 10.5 Å². The third-order valence-electron chi connectivity index (χ3n) is 4.08. The molecule has 0 radical (unpaired) electrons. The van der Waals surface area contributed by atoms with Crippen LogP contribution in [0.5, 0.6) is 0 Å². The Labute approximate surface area is 162 Å². The van der Waals surface area contributed by atoms with Gasteiger partial charge in [0.1, 0.15) is 0 Å². The normalized spacial score (nSPS) is 11.7. The molecule has 1 amide bonds. The Kier molecular flexibility index (Phi) is 5.54. The molecule has 0 fully saturated rings. The standard InChI is InChI=1S/C18H20N4O3S2/c1-12-3-5-13(6-4-12)10-20-17(23)11-26-18-21-15-9-14(27(19,24)25)7-8-16(15)22(18)2/h3-9H,10-11H2,1-2H3,(H,20,23)(H2,19,24,25). The number of fused-ring (bicyclic) bond motifs is 1. The van der Waals surface area contributed by atoms with Crippen molar-refractivity contribution in [2.75, 3.05) is 5.75 Å². The molecule has 3 rings (SSSR count). The number of hydrogen-bond acceptors (Lipinski definition) is 5. The van der Waals surface area contributed by atoms with Crippen molar-refractivity contribution in [1.29, 1.82) is 0 Å². The molecular formula is C18H20N4O3S2. The van der Waals surface area contributed by atoms with E-state index >= 15 is 0 Å². The second-order valence-corrected chi connectivity index (χ2v) is 8.70. The van der Waals surface area contributed by atoms with Crippen molar-refractivity contribution < 1.29 is 13.2 Å². The minimum atomic E-state index is -3.78. The third-order valence-corrected chi connectivity index (χ3v) is 6.02. The van der Waals surface area contributed by atoms with Gasteiger partial charge < -0.3 is 9.88 Å². The van der Waals surface area contributed by atoms with E-state index in [1.807, 2.05) is 42.8 Å². The first-order valence-corrected chi connectivity index (χ1v) is 10.7. The fourth-order valence-corrected chi connectivity index (χ4v) is 3.90. The van der Waals surface area contributed by atoms with Crippen LogP contribution in [0.3, 0.4) is 0 Å². The summed E-state index contributed by atoms with van der Waals surface area (Å²) in [6, 6.07) is 12.5. The summed E-state index contributed by atoms with van der Waals surface area (Å²) in [5.74, 6) is 0.114. The summed E-state index contributed by atoms with van der Waals surface area (Å²) in [6.45, 7) is 2.49. The highest BCUT2D eigenvalue weighted by Gasteiger charge is 2.14. The van der Waals surface area contributed by atoms with Crippen molar-refractivity contribution in [3.8, 4) is 0 Å². The molecule has 0 saturated carbocycles. The molecule has 0 bridgehead atoms. The van der Waals surface area contributed by atoms with Crippen LogP contribution in [0.25, 0.3) is 11.0 Å². The number of aryl methyl sites for hydroxylation is 2. The first-order chi connectivity index (χ1) is 12.7. The number of sulfonamides is 1. The highest BCUT2D eigenvalue weighted by Crippen LogP contribution is 2.24. The Hall–Kier alpha value is -2.36. The fourth-order valence-electron chi connectivity index (χ4n) is 2.55. The van der Waals surface area contributed by atoms with Crippen molar-refractivity contribution in [2.24, 2.45) is 12.2 Å². The smallest absolute Gasteiger partial charge is 0.238 e. The average molecular weight is 405 g/mol. The molecule has 0 aliphatic carbocycles. The van der Waals surface area contributed by atoms with E-state index in [2.05, 4.69) is 10.3 Å². The van der Waals surface area contributed by atoms with E-state index in [0.29, 0.717) is 17.2 Å². The Morgan fingerprint density at radius 1 is 1.22 bits per heavy atom. The molecular weight excluding hydrogens is 384 g/mol. The molecule has 1 heterocycles. The summed E-state index contributed by atoms with van der Waals surface area (Å²) in [7, 11) is -1.96. The van der Waals surface area contributed by atoms with Crippen LogP contribution in [0.2, 0.25) is 0 Å². The third kappa shape index (κ3) is 4.68. The van der Waals surface area contributed by atoms with Gasteiger partial charge in [-0.25, -0.2) is 18.5 Å². The Morgan fingerprint density at radius 3 is 2.59 bits per heavy atom. The number of nitrogens with zero attached hydrogens (tertiary/aromatic N) is 2. The molecule has 27 heavy (non-hydrogen) atoms. The number of aromatic nitrogens is 2. The summed E-state index contributed by atoms with van der Waals surface area (Å²) in [5, 5.41) is 8.67. The average Bonchev–Trinajstić information content (AvgIpc) is 2.94. The lowest BCUT2D eigenvalue weighted by Crippen LogP contribution is -2.24. The molecule has 9 heteroatoms. The Bertz CT molecular complexity index is 1090. The van der Waals surface area contributed by atoms with Crippen molar-refractivity contribution in [2.45, 2.75) is 23.5 Å². The van der Waals surface area contributed by atoms with Gasteiger partial charge in [-0.3, -0.25) is 4.79 Å². The lowest BCUT2D eigenvalue weighted by molar-refractivity contribution is -0.118. The molecule has 0 aliphatic rings. The van der Waals surface area contributed by atoms with Gasteiger partial charge in [0.05, 0.1) is 21.7 Å². The maximum Gasteiger partial charge on any atom is 0.238 e. The predicted octanol–water partition coefficient (Wildman–Crippen LogP) is 1.94. The first-order valence-electron chi connectivity index (χ1n) is 8.18. The van der Waals surface area contributed by atoms with E-state index in [4.69, 9.17) is 5.14 Å². The number of hydrogen-bond donors (Lipinski definition) is 2. The zero-order valence-electron chi connectivity index (χ0n) is 15.0. The van der Waals surface area contributed by atoms with Gasteiger partial charge in [-0.2, -0.15) is 0 Å². The molecule has 0 unspecified atom stereocenters. The number of benzene rings is 2. The van der Waals surface area contributed by atoms with E-state index in [1.165, 1.54) is 29.5 Å². The van der Waals surface area contributed by atoms with Gasteiger partial charge in [0.15, 0.2) is 5.16 Å². The lowest BCUT2D eigenvalue weighted by atomic mass is 10.1. The maximum atomic E-state index is 12.1. The summed E-state index contributed by atoms with van der Waals surface area (Å²) in [5.41, 5.74) is 3.50. The van der Waals surface area contributed by atoms with Crippen molar-refractivity contribution in [1.82, 2.24) is 14.9 Å². The van der Waals surface area contributed by atoms with E-state index in [1.54, 1.807) is 6.07 Å². The highest BCUT2D eigenvalue weighted by molar-refractivity contribution is 7.99. The number of carbonyl (C=O) groups is 1. The zero-order chi connectivity index (χ0) is 19.6. The Balaban J connectivity index is 1.64. The monoisotopic (exact) mass is 404 g/mol. The molecule has 1 aromatic heterocycles. The summed E-state index contributed by atoms with van der Waals surface area (Å²) in [4.78, 5) is 16.5. The van der Waals surface area contributed by atoms with Crippen LogP contribution >= 0.6 is 11.8 Å². The van der Waals surface area contributed by atoms with Gasteiger partial charge >= 0.3 is 0 Å². The summed E-state index contributed by atoms with van der Waals surface area (Å²) in [6.07, 6.45) is 0. The van der Waals surface area contributed by atoms with Gasteiger partial charge in [-0.1, -0.05) is 41.6 Å². The van der Waals surface area contributed by atoms with Crippen LogP contribution in [0.4, 0.5) is 0 Å². The van der Waals surface area contributed by atoms with Crippen LogP contribution in [-0.2, 0) is 28.4 Å². The molecule has 3 N–H and O–H groups in total. The van der Waals surface area contributed by atoms with Crippen molar-refractivity contribution >= 4 is 38.7 Å². The number of carbonyl (C=O) groups excluding carboxylic acids is 1. The topological polar surface area (TPSA) is 107 Å². The zero-order valence-corrected chi connectivity index (χ0v) is 16.6. The second kappa shape index (κ2) is 7.71. The molecule has 142 valence electrons. The molecule has 0 saturated heterocycles. The number of primary sulfonamides is 1. The number of rotatable bonds is 6. The van der Waals surface area contributed by atoms with E-state index in [0.717, 1.165) is 11.1 Å².